The molecule has 3 nitrogen and oxygen atoms in total. The zero-order valence-electron chi connectivity index (χ0n) is 26.2. The molecule has 1 aliphatic carbocycles. The molecule has 2 heterocycles. The molecule has 0 fully saturated rings. The number of nitrogens with zero attached hydrogens (tertiary/aromatic N) is 2. The number of fused-ring (bicyclic) bond motifs is 2. The minimum atomic E-state index is -0.0285. The number of unbranched alkanes of at least 4 members (excludes halogenated alkanes) is 2. The molecule has 0 aromatic heterocycles. The van der Waals surface area contributed by atoms with Gasteiger partial charge in [-0.05, 0) is 66.2 Å². The summed E-state index contributed by atoms with van der Waals surface area (Å²) in [5.74, 6) is 1.11. The largest absolute Gasteiger partial charge is 0.493 e. The molecule has 3 aliphatic rings. The highest BCUT2D eigenvalue weighted by Crippen LogP contribution is 2.47. The lowest BCUT2D eigenvalue weighted by molar-refractivity contribution is 0.205. The number of benzene rings is 2. The Morgan fingerprint density at radius 3 is 2.24 bits per heavy atom. The van der Waals surface area contributed by atoms with Gasteiger partial charge in [-0.15, -0.1) is 12.4 Å². The molecule has 2 aromatic rings. The lowest BCUT2D eigenvalue weighted by atomic mass is 9.80. The third-order valence-electron chi connectivity index (χ3n) is 9.47. The van der Waals surface area contributed by atoms with E-state index in [4.69, 9.17) is 4.74 Å². The fourth-order valence-electron chi connectivity index (χ4n) is 7.11. The van der Waals surface area contributed by atoms with E-state index in [1.54, 1.807) is 0 Å². The second kappa shape index (κ2) is 12.5. The fraction of sp³-hybridized carbons (Fsp3) is 0.459. The van der Waals surface area contributed by atoms with Crippen molar-refractivity contribution in [1.29, 1.82) is 0 Å². The van der Waals surface area contributed by atoms with Crippen molar-refractivity contribution < 1.29 is 4.74 Å². The first-order chi connectivity index (χ1) is 19.2. The van der Waals surface area contributed by atoms with Crippen LogP contribution in [0.4, 0.5) is 11.4 Å². The van der Waals surface area contributed by atoms with Crippen LogP contribution in [0.25, 0.3) is 0 Å². The maximum absolute atomic E-state index is 6.63. The molecular formula is C37H49ClN2O. The van der Waals surface area contributed by atoms with Crippen molar-refractivity contribution >= 4 is 23.8 Å². The average molecular weight is 573 g/mol. The van der Waals surface area contributed by atoms with Crippen LogP contribution < -0.4 is 9.80 Å². The smallest absolute Gasteiger partial charge is 0.125 e. The maximum atomic E-state index is 6.63. The number of ether oxygens (including phenoxy) is 1. The summed E-state index contributed by atoms with van der Waals surface area (Å²) >= 11 is 0. The normalized spacial score (nSPS) is 22.9. The molecule has 0 amide bonds. The van der Waals surface area contributed by atoms with Gasteiger partial charge in [0.05, 0.1) is 12.6 Å². The summed E-state index contributed by atoms with van der Waals surface area (Å²) in [4.78, 5) is 4.80. The van der Waals surface area contributed by atoms with Crippen LogP contribution >= 0.6 is 12.4 Å². The number of hydrogen-bond donors (Lipinski definition) is 0. The van der Waals surface area contributed by atoms with Gasteiger partial charge in [0.25, 0.3) is 0 Å². The number of likely N-dealkylation sites (N-methyl/N-ethyl adjacent to an activating group) is 2. The van der Waals surface area contributed by atoms with E-state index in [0.29, 0.717) is 6.04 Å². The molecule has 5 rings (SSSR count). The molecule has 220 valence electrons. The highest BCUT2D eigenvalue weighted by Gasteiger charge is 2.41. The summed E-state index contributed by atoms with van der Waals surface area (Å²) in [6, 6.07) is 18.0. The topological polar surface area (TPSA) is 15.7 Å². The molecule has 0 N–H and O–H groups in total. The van der Waals surface area contributed by atoms with Crippen molar-refractivity contribution in [2.75, 3.05) is 30.5 Å². The van der Waals surface area contributed by atoms with Gasteiger partial charge < -0.3 is 14.5 Å². The van der Waals surface area contributed by atoms with Crippen molar-refractivity contribution in [3.63, 3.8) is 0 Å². The number of allylic oxidation sites excluding steroid dienone is 6. The molecule has 0 spiro atoms. The third-order valence-corrected chi connectivity index (χ3v) is 9.47. The maximum Gasteiger partial charge on any atom is 0.125 e. The second-order valence-corrected chi connectivity index (χ2v) is 12.9. The number of anilines is 2. The zero-order chi connectivity index (χ0) is 28.5. The first kappa shape index (κ1) is 31.0. The highest BCUT2D eigenvalue weighted by molar-refractivity contribution is 5.85. The first-order valence-corrected chi connectivity index (χ1v) is 15.3. The number of rotatable bonds is 8. The molecule has 41 heavy (non-hydrogen) atoms. The highest BCUT2D eigenvalue weighted by atomic mass is 35.5. The van der Waals surface area contributed by atoms with E-state index in [2.05, 4.69) is 131 Å². The van der Waals surface area contributed by atoms with Crippen molar-refractivity contribution in [1.82, 2.24) is 0 Å². The minimum absolute atomic E-state index is 0. The summed E-state index contributed by atoms with van der Waals surface area (Å²) in [6.45, 7) is 12.5. The van der Waals surface area contributed by atoms with Crippen LogP contribution in [0, 0.1) is 0 Å². The van der Waals surface area contributed by atoms with Crippen LogP contribution in [0.5, 0.6) is 0 Å². The number of halogens is 1. The Balaban J connectivity index is 0.00000387. The molecule has 4 heteroatoms. The van der Waals surface area contributed by atoms with Crippen LogP contribution in [0.2, 0.25) is 0 Å². The Kier molecular flexibility index (Phi) is 9.49. The molecule has 2 aromatic carbocycles. The second-order valence-electron chi connectivity index (χ2n) is 12.9. The minimum Gasteiger partial charge on any atom is -0.493 e. The van der Waals surface area contributed by atoms with Crippen molar-refractivity contribution in [2.45, 2.75) is 90.0 Å². The van der Waals surface area contributed by atoms with E-state index in [1.807, 2.05) is 0 Å². The quantitative estimate of drug-likeness (QED) is 0.293. The van der Waals surface area contributed by atoms with Gasteiger partial charge in [-0.2, -0.15) is 0 Å². The summed E-state index contributed by atoms with van der Waals surface area (Å²) in [5.41, 5.74) is 9.50. The number of hydrogen-bond acceptors (Lipinski definition) is 3. The van der Waals surface area contributed by atoms with Crippen LogP contribution in [-0.4, -0.2) is 26.7 Å². The Morgan fingerprint density at radius 1 is 0.878 bits per heavy atom. The van der Waals surface area contributed by atoms with E-state index in [-0.39, 0.29) is 23.2 Å². The Bertz CT molecular complexity index is 1360. The van der Waals surface area contributed by atoms with Gasteiger partial charge >= 0.3 is 0 Å². The van der Waals surface area contributed by atoms with Gasteiger partial charge in [0.2, 0.25) is 0 Å². The van der Waals surface area contributed by atoms with Crippen LogP contribution in [0.1, 0.15) is 84.3 Å². The number of para-hydroxylation sites is 2. The molecule has 1 atom stereocenters. The molecular weight excluding hydrogens is 524 g/mol. The third kappa shape index (κ3) is 5.75. The van der Waals surface area contributed by atoms with Gasteiger partial charge in [-0.1, -0.05) is 102 Å². The fourth-order valence-corrected chi connectivity index (χ4v) is 7.11. The van der Waals surface area contributed by atoms with E-state index in [1.165, 1.54) is 52.2 Å². The van der Waals surface area contributed by atoms with E-state index >= 15 is 0 Å². The monoisotopic (exact) mass is 572 g/mol. The Morgan fingerprint density at radius 2 is 1.56 bits per heavy atom. The molecule has 0 saturated carbocycles. The predicted molar refractivity (Wildman–Crippen MR) is 178 cm³/mol. The lowest BCUT2D eigenvalue weighted by Gasteiger charge is -2.30. The molecule has 2 aliphatic heterocycles. The molecule has 0 radical (unpaired) electrons. The molecule has 0 bridgehead atoms. The van der Waals surface area contributed by atoms with Gasteiger partial charge in [-0.25, -0.2) is 0 Å². The van der Waals surface area contributed by atoms with Gasteiger partial charge in [-0.3, -0.25) is 0 Å². The molecule has 0 saturated heterocycles. The summed E-state index contributed by atoms with van der Waals surface area (Å²) in [6.07, 6.45) is 16.3. The zero-order valence-corrected chi connectivity index (χ0v) is 27.0. The summed E-state index contributed by atoms with van der Waals surface area (Å²) in [7, 11) is 4.43. The first-order valence-electron chi connectivity index (χ1n) is 15.3. The van der Waals surface area contributed by atoms with Crippen molar-refractivity contribution in [2.24, 2.45) is 0 Å². The van der Waals surface area contributed by atoms with E-state index < -0.39 is 0 Å². The van der Waals surface area contributed by atoms with Crippen LogP contribution in [-0.2, 0) is 15.6 Å². The average Bonchev–Trinajstić information content (AvgIpc) is 3.27. The molecule has 1 unspecified atom stereocenters. The standard InChI is InChI=1S/C37H48N2O.ClH/c1-8-9-14-26-40-35-27(22-24-33-36(2,3)29-18-10-12-20-31(29)38(33)6)16-15-17-28(35)23-25-34-37(4,5)30-19-11-13-21-32(30)39(34)7;/h10-13,18-25,33H,8-9,14-17,26H2,1-7H3;1H/b24-22+,28-23-,34-25-;. The Hall–Kier alpha value is -2.91. The van der Waals surface area contributed by atoms with Gasteiger partial charge in [0.1, 0.15) is 5.76 Å². The summed E-state index contributed by atoms with van der Waals surface area (Å²) < 4.78 is 6.63. The van der Waals surface area contributed by atoms with E-state index in [0.717, 1.165) is 38.0 Å². The SMILES string of the molecule is CCCCCOC1=C(/C=C/C2N(C)c3ccccc3C2(C)C)CCC/C1=C/C=C1\N(C)c2ccccc2C1(C)C.Cl. The predicted octanol–water partition coefficient (Wildman–Crippen LogP) is 9.64. The van der Waals surface area contributed by atoms with Gasteiger partial charge in [0, 0.05) is 42.0 Å². The van der Waals surface area contributed by atoms with Gasteiger partial charge in [0.15, 0.2) is 0 Å². The Labute approximate surface area is 255 Å². The lowest BCUT2D eigenvalue weighted by Crippen LogP contribution is -2.37. The van der Waals surface area contributed by atoms with Crippen LogP contribution in [0.3, 0.4) is 0 Å². The van der Waals surface area contributed by atoms with Crippen molar-refractivity contribution in [3.8, 4) is 0 Å². The van der Waals surface area contributed by atoms with Crippen molar-refractivity contribution in [3.05, 3.63) is 107 Å². The van der Waals surface area contributed by atoms with Crippen LogP contribution in [0.15, 0.2) is 95.4 Å². The van der Waals surface area contributed by atoms with E-state index in [9.17, 15) is 0 Å². The summed E-state index contributed by atoms with van der Waals surface area (Å²) in [5, 5.41) is 0.